The fourth-order valence-corrected chi connectivity index (χ4v) is 3.71. The quantitative estimate of drug-likeness (QED) is 0.454. The highest BCUT2D eigenvalue weighted by Gasteiger charge is 2.23. The number of ether oxygens (including phenoxy) is 1. The number of halogens is 1. The number of nitrogens with one attached hydrogen (secondary N) is 1. The van der Waals surface area contributed by atoms with E-state index in [1.54, 1.807) is 19.2 Å². The van der Waals surface area contributed by atoms with Crippen molar-refractivity contribution in [1.29, 1.82) is 0 Å². The number of aromatic nitrogens is 3. The Kier molecular flexibility index (Phi) is 4.55. The Morgan fingerprint density at radius 2 is 1.87 bits per heavy atom. The largest absolute Gasteiger partial charge is 0.497 e. The second-order valence-corrected chi connectivity index (χ2v) is 6.94. The molecule has 7 heteroatoms. The van der Waals surface area contributed by atoms with Gasteiger partial charge in [0.15, 0.2) is 0 Å². The van der Waals surface area contributed by atoms with E-state index in [1.165, 1.54) is 18.5 Å². The summed E-state index contributed by atoms with van der Waals surface area (Å²) < 4.78 is 20.7. The summed E-state index contributed by atoms with van der Waals surface area (Å²) in [5.74, 6) is -0.0688. The topological polar surface area (TPSA) is 68.5 Å². The van der Waals surface area contributed by atoms with Gasteiger partial charge < -0.3 is 14.5 Å². The van der Waals surface area contributed by atoms with E-state index in [2.05, 4.69) is 15.3 Å². The Morgan fingerprint density at radius 1 is 1.03 bits per heavy atom. The molecule has 5 aromatic rings. The lowest BCUT2D eigenvalue weighted by Gasteiger charge is -2.08. The Bertz CT molecular complexity index is 1430. The first-order valence-electron chi connectivity index (χ1n) is 9.61. The lowest BCUT2D eigenvalue weighted by atomic mass is 10.0. The van der Waals surface area contributed by atoms with Crippen molar-refractivity contribution >= 4 is 28.1 Å². The smallest absolute Gasteiger partial charge is 0.258 e. The van der Waals surface area contributed by atoms with Gasteiger partial charge in [0, 0.05) is 17.4 Å². The van der Waals surface area contributed by atoms with Crippen LogP contribution in [0.4, 0.5) is 10.1 Å². The zero-order chi connectivity index (χ0) is 21.4. The summed E-state index contributed by atoms with van der Waals surface area (Å²) in [6, 6.07) is 18.8. The monoisotopic (exact) mass is 412 g/mol. The molecule has 3 aromatic heterocycles. The molecule has 0 aliphatic rings. The van der Waals surface area contributed by atoms with Crippen LogP contribution in [0.25, 0.3) is 27.8 Å². The molecule has 152 valence electrons. The maximum Gasteiger partial charge on any atom is 0.258 e. The molecule has 3 heterocycles. The summed E-state index contributed by atoms with van der Waals surface area (Å²) in [5.41, 5.74) is 3.54. The number of anilines is 1. The number of hydrogen-bond acceptors (Lipinski definition) is 4. The minimum absolute atomic E-state index is 0.367. The van der Waals surface area contributed by atoms with E-state index < -0.39 is 5.82 Å². The van der Waals surface area contributed by atoms with Crippen LogP contribution >= 0.6 is 0 Å². The second kappa shape index (κ2) is 7.53. The van der Waals surface area contributed by atoms with Gasteiger partial charge >= 0.3 is 0 Å². The number of carbonyl (C=O) groups excluding carboxylic acids is 1. The van der Waals surface area contributed by atoms with E-state index in [-0.39, 0.29) is 5.91 Å². The highest BCUT2D eigenvalue weighted by Crippen LogP contribution is 2.34. The lowest BCUT2D eigenvalue weighted by molar-refractivity contribution is 0.103. The van der Waals surface area contributed by atoms with Crippen molar-refractivity contribution < 1.29 is 13.9 Å². The molecule has 6 nitrogen and oxygen atoms in total. The Hall–Kier alpha value is -4.26. The van der Waals surface area contributed by atoms with Crippen molar-refractivity contribution in [2.75, 3.05) is 12.4 Å². The van der Waals surface area contributed by atoms with Crippen molar-refractivity contribution in [2.24, 2.45) is 0 Å². The molecular formula is C24H17FN4O2. The zero-order valence-electron chi connectivity index (χ0n) is 16.5. The lowest BCUT2D eigenvalue weighted by Crippen LogP contribution is -2.12. The zero-order valence-corrected chi connectivity index (χ0v) is 16.5. The Balaban J connectivity index is 1.74. The van der Waals surface area contributed by atoms with Crippen molar-refractivity contribution in [2.45, 2.75) is 0 Å². The van der Waals surface area contributed by atoms with Crippen LogP contribution in [-0.4, -0.2) is 27.4 Å². The minimum Gasteiger partial charge on any atom is -0.497 e. The van der Waals surface area contributed by atoms with Crippen LogP contribution in [0, 0.1) is 5.82 Å². The number of methoxy groups -OCH3 is 1. The predicted octanol–water partition coefficient (Wildman–Crippen LogP) is 4.95. The molecule has 0 saturated heterocycles. The van der Waals surface area contributed by atoms with Gasteiger partial charge in [-0.15, -0.1) is 0 Å². The Morgan fingerprint density at radius 3 is 2.65 bits per heavy atom. The van der Waals surface area contributed by atoms with Crippen molar-refractivity contribution in [3.8, 4) is 17.0 Å². The van der Waals surface area contributed by atoms with Crippen LogP contribution in [0.5, 0.6) is 5.75 Å². The van der Waals surface area contributed by atoms with E-state index >= 15 is 0 Å². The maximum absolute atomic E-state index is 13.6. The van der Waals surface area contributed by atoms with Gasteiger partial charge in [0.05, 0.1) is 29.3 Å². The number of benzene rings is 2. The first-order chi connectivity index (χ1) is 15.2. The molecule has 0 fully saturated rings. The number of pyridine rings is 1. The molecule has 31 heavy (non-hydrogen) atoms. The molecule has 1 amide bonds. The summed E-state index contributed by atoms with van der Waals surface area (Å²) in [6.45, 7) is 0. The Labute approximate surface area is 177 Å². The molecule has 0 spiro atoms. The molecule has 1 N–H and O–H groups in total. The van der Waals surface area contributed by atoms with Gasteiger partial charge in [-0.3, -0.25) is 4.79 Å². The molecule has 5 rings (SSSR count). The standard InChI is InChI=1S/C24H17FN4O2/c1-31-18-10-8-15(9-11-18)22-21-20(24(30)28-17-6-4-5-16(25)13-17)19-7-2-3-12-29(19)23(21)27-14-26-22/h2-14H,1H3,(H,28,30). The molecule has 0 bridgehead atoms. The minimum atomic E-state index is -0.424. The van der Waals surface area contributed by atoms with Crippen LogP contribution in [0.3, 0.4) is 0 Å². The van der Waals surface area contributed by atoms with Gasteiger partial charge in [-0.05, 0) is 54.6 Å². The predicted molar refractivity (Wildman–Crippen MR) is 117 cm³/mol. The molecular weight excluding hydrogens is 395 g/mol. The van der Waals surface area contributed by atoms with Crippen molar-refractivity contribution in [1.82, 2.24) is 14.4 Å². The number of carbonyl (C=O) groups is 1. The highest BCUT2D eigenvalue weighted by atomic mass is 19.1. The fraction of sp³-hybridized carbons (Fsp3) is 0.0417. The first kappa shape index (κ1) is 18.7. The fourth-order valence-electron chi connectivity index (χ4n) is 3.71. The molecule has 0 atom stereocenters. The molecule has 0 saturated carbocycles. The van der Waals surface area contributed by atoms with Crippen LogP contribution in [-0.2, 0) is 0 Å². The normalized spacial score (nSPS) is 11.0. The third-order valence-corrected chi connectivity index (χ3v) is 5.09. The summed E-state index contributed by atoms with van der Waals surface area (Å²) in [7, 11) is 1.60. The van der Waals surface area contributed by atoms with Gasteiger partial charge in [0.2, 0.25) is 0 Å². The van der Waals surface area contributed by atoms with E-state index in [0.29, 0.717) is 33.5 Å². The van der Waals surface area contributed by atoms with E-state index in [0.717, 1.165) is 11.3 Å². The van der Waals surface area contributed by atoms with Crippen molar-refractivity contribution in [3.63, 3.8) is 0 Å². The number of nitrogens with zero attached hydrogens (tertiary/aromatic N) is 3. The molecule has 2 aromatic carbocycles. The number of hydrogen-bond donors (Lipinski definition) is 1. The highest BCUT2D eigenvalue weighted by molar-refractivity contribution is 6.20. The average Bonchev–Trinajstić information content (AvgIpc) is 3.14. The van der Waals surface area contributed by atoms with Crippen LogP contribution in [0.2, 0.25) is 0 Å². The second-order valence-electron chi connectivity index (χ2n) is 6.94. The van der Waals surface area contributed by atoms with Gasteiger partial charge in [-0.2, -0.15) is 0 Å². The SMILES string of the molecule is COc1ccc(-c2ncnc3c2c(C(=O)Nc2cccc(F)c2)c2ccccn23)cc1. The summed E-state index contributed by atoms with van der Waals surface area (Å²) in [5, 5.41) is 3.42. The van der Waals surface area contributed by atoms with Gasteiger partial charge in [0.1, 0.15) is 23.5 Å². The van der Waals surface area contributed by atoms with E-state index in [4.69, 9.17) is 4.74 Å². The number of amides is 1. The van der Waals surface area contributed by atoms with E-state index in [1.807, 2.05) is 53.1 Å². The van der Waals surface area contributed by atoms with Crippen molar-refractivity contribution in [3.05, 3.63) is 90.6 Å². The summed E-state index contributed by atoms with van der Waals surface area (Å²) in [6.07, 6.45) is 3.33. The first-order valence-corrected chi connectivity index (χ1v) is 9.61. The third-order valence-electron chi connectivity index (χ3n) is 5.09. The molecule has 0 aliphatic heterocycles. The summed E-state index contributed by atoms with van der Waals surface area (Å²) in [4.78, 5) is 22.3. The van der Waals surface area contributed by atoms with Crippen LogP contribution in [0.1, 0.15) is 10.4 Å². The van der Waals surface area contributed by atoms with E-state index in [9.17, 15) is 9.18 Å². The summed E-state index contributed by atoms with van der Waals surface area (Å²) >= 11 is 0. The average molecular weight is 412 g/mol. The third kappa shape index (κ3) is 3.26. The van der Waals surface area contributed by atoms with Crippen LogP contribution in [0.15, 0.2) is 79.3 Å². The number of fused-ring (bicyclic) bond motifs is 3. The molecule has 0 radical (unpaired) electrons. The molecule has 0 aliphatic carbocycles. The van der Waals surface area contributed by atoms with Crippen LogP contribution < -0.4 is 10.1 Å². The number of rotatable bonds is 4. The van der Waals surface area contributed by atoms with Gasteiger partial charge in [0.25, 0.3) is 5.91 Å². The van der Waals surface area contributed by atoms with Gasteiger partial charge in [-0.1, -0.05) is 12.1 Å². The molecule has 0 unspecified atom stereocenters. The maximum atomic E-state index is 13.6. The van der Waals surface area contributed by atoms with Gasteiger partial charge in [-0.25, -0.2) is 14.4 Å².